The van der Waals surface area contributed by atoms with E-state index in [0.29, 0.717) is 24.3 Å². The molecule has 2 aromatic carbocycles. The summed E-state index contributed by atoms with van der Waals surface area (Å²) in [6, 6.07) is 11.3. The van der Waals surface area contributed by atoms with Crippen LogP contribution in [0.3, 0.4) is 0 Å². The molecule has 2 aliphatic rings. The Labute approximate surface area is 186 Å². The van der Waals surface area contributed by atoms with Crippen molar-refractivity contribution in [1.82, 2.24) is 0 Å². The van der Waals surface area contributed by atoms with E-state index < -0.39 is 11.6 Å². The van der Waals surface area contributed by atoms with Gasteiger partial charge in [0.15, 0.2) is 0 Å². The van der Waals surface area contributed by atoms with Gasteiger partial charge in [-0.15, -0.1) is 6.58 Å². The lowest BCUT2D eigenvalue weighted by Crippen LogP contribution is -2.30. The van der Waals surface area contributed by atoms with Gasteiger partial charge in [0.25, 0.3) is 0 Å². The maximum Gasteiger partial charge on any atom is 0.129 e. The molecule has 0 spiro atoms. The molecule has 0 aromatic heterocycles. The van der Waals surface area contributed by atoms with Crippen LogP contribution in [0.25, 0.3) is 11.1 Å². The number of rotatable bonds is 6. The van der Waals surface area contributed by atoms with Crippen LogP contribution in [-0.2, 0) is 6.42 Å². The van der Waals surface area contributed by atoms with Crippen LogP contribution in [-0.4, -0.2) is 0 Å². The number of hydrogen-bond acceptors (Lipinski definition) is 0. The van der Waals surface area contributed by atoms with E-state index in [1.54, 1.807) is 6.08 Å². The van der Waals surface area contributed by atoms with E-state index in [-0.39, 0.29) is 5.56 Å². The normalized spacial score (nSPS) is 26.0. The summed E-state index contributed by atoms with van der Waals surface area (Å²) in [4.78, 5) is 0. The Balaban J connectivity index is 1.44. The first-order chi connectivity index (χ1) is 15.1. The largest absolute Gasteiger partial charge is 0.207 e. The highest BCUT2D eigenvalue weighted by atomic mass is 19.1. The molecule has 0 heterocycles. The van der Waals surface area contributed by atoms with Gasteiger partial charge in [0.1, 0.15) is 11.6 Å². The highest BCUT2D eigenvalue weighted by Crippen LogP contribution is 2.48. The monoisotopic (exact) mass is 420 g/mol. The second-order valence-corrected chi connectivity index (χ2v) is 9.50. The Hall–Kier alpha value is -2.22. The van der Waals surface area contributed by atoms with Crippen molar-refractivity contribution in [2.75, 3.05) is 0 Å². The summed E-state index contributed by atoms with van der Waals surface area (Å²) in [5.74, 6) is 2.21. The molecule has 4 atom stereocenters. The summed E-state index contributed by atoms with van der Waals surface area (Å²) < 4.78 is 28.9. The van der Waals surface area contributed by atoms with Crippen molar-refractivity contribution in [1.29, 1.82) is 0 Å². The first-order valence-corrected chi connectivity index (χ1v) is 11.9. The van der Waals surface area contributed by atoms with Crippen molar-refractivity contribution in [2.45, 2.75) is 64.2 Å². The second kappa shape index (κ2) is 9.94. The number of fused-ring (bicyclic) bond motifs is 1. The van der Waals surface area contributed by atoms with Crippen molar-refractivity contribution >= 4 is 0 Å². The van der Waals surface area contributed by atoms with Gasteiger partial charge < -0.3 is 0 Å². The minimum absolute atomic E-state index is 0.154. The Bertz CT molecular complexity index is 901. The van der Waals surface area contributed by atoms with E-state index in [2.05, 4.69) is 37.8 Å². The zero-order chi connectivity index (χ0) is 21.8. The van der Waals surface area contributed by atoms with Crippen LogP contribution < -0.4 is 0 Å². The van der Waals surface area contributed by atoms with Gasteiger partial charge in [-0.2, -0.15) is 0 Å². The average Bonchev–Trinajstić information content (AvgIpc) is 2.78. The van der Waals surface area contributed by atoms with E-state index in [0.717, 1.165) is 23.3 Å². The molecule has 2 fully saturated rings. The van der Waals surface area contributed by atoms with Crippen LogP contribution in [0, 0.1) is 29.4 Å². The van der Waals surface area contributed by atoms with E-state index in [1.807, 2.05) is 12.1 Å². The molecule has 164 valence electrons. The molecule has 0 bridgehead atoms. The van der Waals surface area contributed by atoms with E-state index in [4.69, 9.17) is 0 Å². The third-order valence-electron chi connectivity index (χ3n) is 7.57. The zero-order valence-corrected chi connectivity index (χ0v) is 18.6. The summed E-state index contributed by atoms with van der Waals surface area (Å²) in [5.41, 5.74) is 3.01. The Morgan fingerprint density at radius 3 is 2.26 bits per heavy atom. The summed E-state index contributed by atoms with van der Waals surface area (Å²) in [7, 11) is 0. The Morgan fingerprint density at radius 2 is 1.58 bits per heavy atom. The van der Waals surface area contributed by atoms with Gasteiger partial charge in [-0.05, 0) is 111 Å². The second-order valence-electron chi connectivity index (χ2n) is 9.50. The lowest BCUT2D eigenvalue weighted by molar-refractivity contribution is 0.133. The molecule has 31 heavy (non-hydrogen) atoms. The number of benzene rings is 2. The Morgan fingerprint density at radius 1 is 0.903 bits per heavy atom. The fourth-order valence-electron chi connectivity index (χ4n) is 5.88. The van der Waals surface area contributed by atoms with Crippen molar-refractivity contribution in [2.24, 2.45) is 17.8 Å². The lowest BCUT2D eigenvalue weighted by atomic mass is 9.64. The third-order valence-corrected chi connectivity index (χ3v) is 7.57. The van der Waals surface area contributed by atoms with E-state index in [9.17, 15) is 8.78 Å². The van der Waals surface area contributed by atoms with Crippen molar-refractivity contribution in [3.63, 3.8) is 0 Å². The molecule has 0 saturated heterocycles. The van der Waals surface area contributed by atoms with Crippen molar-refractivity contribution in [3.8, 4) is 11.1 Å². The molecule has 0 aliphatic heterocycles. The molecule has 2 saturated carbocycles. The molecule has 4 rings (SSSR count). The summed E-state index contributed by atoms with van der Waals surface area (Å²) >= 11 is 0. The van der Waals surface area contributed by atoms with Gasteiger partial charge in [0.05, 0.1) is 0 Å². The number of halogens is 2. The number of allylic oxidation sites excluding steroid dienone is 3. The van der Waals surface area contributed by atoms with Crippen molar-refractivity contribution in [3.05, 3.63) is 84.0 Å². The van der Waals surface area contributed by atoms with Crippen molar-refractivity contribution < 1.29 is 8.78 Å². The van der Waals surface area contributed by atoms with Gasteiger partial charge in [-0.3, -0.25) is 0 Å². The SMILES string of the molecule is C=CCCc1c(F)cc(-c2ccc(C3CCC4CC(/C=C/C)CCC4C3)cc2)cc1F. The van der Waals surface area contributed by atoms with Gasteiger partial charge >= 0.3 is 0 Å². The lowest BCUT2D eigenvalue weighted by Gasteiger charge is -2.41. The highest BCUT2D eigenvalue weighted by Gasteiger charge is 2.35. The standard InChI is InChI=1S/C29H34F2/c1-3-5-7-27-28(30)18-26(19-29(27)31)22-12-10-21(11-13-22)24-15-14-23-16-20(6-4-2)8-9-25(23)17-24/h3-4,6,10-13,18-20,23-25H,1,5,7-9,14-17H2,2H3/b6-4+. The van der Waals surface area contributed by atoms with E-state index in [1.165, 1.54) is 56.2 Å². The summed E-state index contributed by atoms with van der Waals surface area (Å²) in [5, 5.41) is 0. The molecule has 0 amide bonds. The van der Waals surface area contributed by atoms with Gasteiger partial charge in [0, 0.05) is 5.56 Å². The first-order valence-electron chi connectivity index (χ1n) is 11.9. The minimum Gasteiger partial charge on any atom is -0.207 e. The van der Waals surface area contributed by atoms with Crippen LogP contribution in [0.5, 0.6) is 0 Å². The third kappa shape index (κ3) is 5.00. The zero-order valence-electron chi connectivity index (χ0n) is 18.6. The fourth-order valence-corrected chi connectivity index (χ4v) is 5.88. The Kier molecular flexibility index (Phi) is 7.05. The smallest absolute Gasteiger partial charge is 0.129 e. The molecule has 2 aliphatic carbocycles. The van der Waals surface area contributed by atoms with Gasteiger partial charge in [-0.1, -0.05) is 42.5 Å². The molecule has 0 nitrogen and oxygen atoms in total. The predicted octanol–water partition coefficient (Wildman–Crippen LogP) is 8.63. The summed E-state index contributed by atoms with van der Waals surface area (Å²) in [6.07, 6.45) is 15.1. The predicted molar refractivity (Wildman–Crippen MR) is 126 cm³/mol. The highest BCUT2D eigenvalue weighted by molar-refractivity contribution is 5.64. The number of hydrogen-bond donors (Lipinski definition) is 0. The van der Waals surface area contributed by atoms with Gasteiger partial charge in [0.2, 0.25) is 0 Å². The fraction of sp³-hybridized carbons (Fsp3) is 0.448. The maximum absolute atomic E-state index is 14.4. The molecule has 0 radical (unpaired) electrons. The molecular formula is C29H34F2. The van der Waals surface area contributed by atoms with E-state index >= 15 is 0 Å². The van der Waals surface area contributed by atoms with Gasteiger partial charge in [-0.25, -0.2) is 8.78 Å². The average molecular weight is 421 g/mol. The topological polar surface area (TPSA) is 0 Å². The van der Waals surface area contributed by atoms with Crippen LogP contribution in [0.15, 0.2) is 61.2 Å². The summed E-state index contributed by atoms with van der Waals surface area (Å²) in [6.45, 7) is 5.76. The molecule has 0 N–H and O–H groups in total. The van der Waals surface area contributed by atoms with Crippen LogP contribution >= 0.6 is 0 Å². The van der Waals surface area contributed by atoms with Crippen LogP contribution in [0.1, 0.15) is 68.9 Å². The quantitative estimate of drug-likeness (QED) is 0.410. The molecule has 4 unspecified atom stereocenters. The first kappa shape index (κ1) is 22.0. The molecule has 2 aromatic rings. The minimum atomic E-state index is -0.465. The van der Waals surface area contributed by atoms with Crippen LogP contribution in [0.4, 0.5) is 8.78 Å². The molecular weight excluding hydrogens is 386 g/mol. The maximum atomic E-state index is 14.4. The molecule has 2 heteroatoms. The van der Waals surface area contributed by atoms with Crippen LogP contribution in [0.2, 0.25) is 0 Å².